The summed E-state index contributed by atoms with van der Waals surface area (Å²) in [7, 11) is 0. The molecule has 0 aliphatic heterocycles. The largest absolute Gasteiger partial charge is 0.278 e. The number of nitro benzene ring substituents is 1. The highest BCUT2D eigenvalue weighted by Crippen LogP contribution is 2.39. The Balaban J connectivity index is 2.40. The van der Waals surface area contributed by atoms with Crippen LogP contribution in [0.4, 0.5) is 5.69 Å². The zero-order valence-corrected chi connectivity index (χ0v) is 11.9. The summed E-state index contributed by atoms with van der Waals surface area (Å²) in [5.74, 6) is 0. The Morgan fingerprint density at radius 2 is 1.85 bits per heavy atom. The highest BCUT2D eigenvalue weighted by Gasteiger charge is 2.19. The number of nitrogens with zero attached hydrogens (tertiary/aromatic N) is 2. The second-order valence-electron chi connectivity index (χ2n) is 4.27. The van der Waals surface area contributed by atoms with Crippen molar-refractivity contribution in [2.24, 2.45) is 0 Å². The number of halogens is 1. The Morgan fingerprint density at radius 1 is 1.05 bits per heavy atom. The van der Waals surface area contributed by atoms with Gasteiger partial charge in [-0.1, -0.05) is 24.3 Å². The van der Waals surface area contributed by atoms with Crippen LogP contribution in [0.5, 0.6) is 0 Å². The third-order valence-corrected chi connectivity index (χ3v) is 3.77. The predicted molar refractivity (Wildman–Crippen MR) is 81.5 cm³/mol. The van der Waals surface area contributed by atoms with Crippen LogP contribution in [-0.4, -0.2) is 9.91 Å². The highest BCUT2D eigenvalue weighted by molar-refractivity contribution is 9.10. The van der Waals surface area contributed by atoms with Crippen molar-refractivity contribution in [1.29, 1.82) is 0 Å². The molecule has 0 aliphatic rings. The van der Waals surface area contributed by atoms with Crippen LogP contribution in [0.2, 0.25) is 0 Å². The van der Waals surface area contributed by atoms with E-state index in [1.54, 1.807) is 24.4 Å². The van der Waals surface area contributed by atoms with Gasteiger partial charge in [0.15, 0.2) is 0 Å². The number of fused-ring (bicyclic) bond motifs is 1. The van der Waals surface area contributed by atoms with Crippen molar-refractivity contribution >= 4 is 32.5 Å². The van der Waals surface area contributed by atoms with Crippen molar-refractivity contribution in [3.05, 3.63) is 69.3 Å². The monoisotopic (exact) mass is 328 g/mol. The quantitative estimate of drug-likeness (QED) is 0.511. The zero-order chi connectivity index (χ0) is 14.1. The summed E-state index contributed by atoms with van der Waals surface area (Å²) >= 11 is 3.41. The van der Waals surface area contributed by atoms with Crippen molar-refractivity contribution in [2.45, 2.75) is 0 Å². The van der Waals surface area contributed by atoms with E-state index in [4.69, 9.17) is 0 Å². The van der Waals surface area contributed by atoms with Crippen LogP contribution in [0, 0.1) is 10.1 Å². The molecule has 0 spiro atoms. The molecular weight excluding hydrogens is 320 g/mol. The lowest BCUT2D eigenvalue weighted by Gasteiger charge is -2.08. The summed E-state index contributed by atoms with van der Waals surface area (Å²) < 4.78 is 0.697. The van der Waals surface area contributed by atoms with E-state index in [9.17, 15) is 10.1 Å². The Labute approximate surface area is 123 Å². The molecule has 0 radical (unpaired) electrons. The van der Waals surface area contributed by atoms with Gasteiger partial charge in [-0.25, -0.2) is 0 Å². The van der Waals surface area contributed by atoms with Crippen molar-refractivity contribution in [1.82, 2.24) is 4.98 Å². The minimum atomic E-state index is -0.366. The second-order valence-corrected chi connectivity index (χ2v) is 5.12. The fraction of sp³-hybridized carbons (Fsp3) is 0. The van der Waals surface area contributed by atoms with Crippen LogP contribution in [-0.2, 0) is 0 Å². The average Bonchev–Trinajstić information content (AvgIpc) is 2.46. The minimum Gasteiger partial charge on any atom is -0.258 e. The lowest BCUT2D eigenvalue weighted by atomic mass is 10.00. The molecule has 0 saturated heterocycles. The summed E-state index contributed by atoms with van der Waals surface area (Å²) in [4.78, 5) is 15.2. The Bertz CT molecular complexity index is 813. The molecule has 0 unspecified atom stereocenters. The highest BCUT2D eigenvalue weighted by atomic mass is 79.9. The lowest BCUT2D eigenvalue weighted by molar-refractivity contribution is -0.384. The van der Waals surface area contributed by atoms with Gasteiger partial charge in [-0.05, 0) is 34.1 Å². The second kappa shape index (κ2) is 5.02. The first-order valence-electron chi connectivity index (χ1n) is 5.95. The van der Waals surface area contributed by atoms with Gasteiger partial charge in [0, 0.05) is 27.7 Å². The summed E-state index contributed by atoms with van der Waals surface area (Å²) in [6, 6.07) is 14.4. The summed E-state index contributed by atoms with van der Waals surface area (Å²) in [5, 5.41) is 12.1. The number of hydrogen-bond donors (Lipinski definition) is 0. The van der Waals surface area contributed by atoms with Crippen molar-refractivity contribution in [3.8, 4) is 11.1 Å². The number of para-hydroxylation sites is 1. The predicted octanol–water partition coefficient (Wildman–Crippen LogP) is 4.57. The van der Waals surface area contributed by atoms with Crippen LogP contribution < -0.4 is 0 Å². The fourth-order valence-corrected chi connectivity index (χ4v) is 2.81. The maximum Gasteiger partial charge on any atom is 0.278 e. The molecule has 98 valence electrons. The smallest absolute Gasteiger partial charge is 0.258 e. The van der Waals surface area contributed by atoms with E-state index in [0.717, 1.165) is 16.5 Å². The number of rotatable bonds is 2. The van der Waals surface area contributed by atoms with E-state index in [-0.39, 0.29) is 10.6 Å². The number of nitro groups is 1. The normalized spacial score (nSPS) is 10.7. The Hall–Kier alpha value is -2.27. The Kier molecular flexibility index (Phi) is 3.20. The van der Waals surface area contributed by atoms with Gasteiger partial charge in [0.05, 0.1) is 16.0 Å². The molecule has 2 aromatic carbocycles. The van der Waals surface area contributed by atoms with Crippen LogP contribution in [0.1, 0.15) is 0 Å². The van der Waals surface area contributed by atoms with Crippen LogP contribution in [0.15, 0.2) is 59.2 Å². The summed E-state index contributed by atoms with van der Waals surface area (Å²) in [5.41, 5.74) is 2.27. The molecule has 0 aliphatic carbocycles. The molecule has 0 saturated carbocycles. The SMILES string of the molecule is O=[N+]([O-])c1cccc(Br)c1-c1ccnc2ccccc12. The van der Waals surface area contributed by atoms with Gasteiger partial charge in [0.1, 0.15) is 0 Å². The maximum absolute atomic E-state index is 11.3. The molecule has 0 bridgehead atoms. The first kappa shape index (κ1) is 12.7. The summed E-state index contributed by atoms with van der Waals surface area (Å²) in [6.45, 7) is 0. The third-order valence-electron chi connectivity index (χ3n) is 3.11. The van der Waals surface area contributed by atoms with Gasteiger partial charge in [0.25, 0.3) is 5.69 Å². The lowest BCUT2D eigenvalue weighted by Crippen LogP contribution is -1.94. The molecule has 1 aromatic heterocycles. The van der Waals surface area contributed by atoms with Gasteiger partial charge in [0.2, 0.25) is 0 Å². The van der Waals surface area contributed by atoms with Crippen molar-refractivity contribution < 1.29 is 4.92 Å². The van der Waals surface area contributed by atoms with Gasteiger partial charge < -0.3 is 0 Å². The van der Waals surface area contributed by atoms with E-state index in [1.165, 1.54) is 6.07 Å². The number of aromatic nitrogens is 1. The number of benzene rings is 2. The molecule has 4 nitrogen and oxygen atoms in total. The standard InChI is InChI=1S/C15H9BrN2O2/c16-12-5-3-7-14(18(19)20)15(12)11-8-9-17-13-6-2-1-4-10(11)13/h1-9H. The summed E-state index contributed by atoms with van der Waals surface area (Å²) in [6.07, 6.45) is 1.67. The first-order valence-corrected chi connectivity index (χ1v) is 6.75. The van der Waals surface area contributed by atoms with E-state index < -0.39 is 0 Å². The van der Waals surface area contributed by atoms with E-state index >= 15 is 0 Å². The topological polar surface area (TPSA) is 56.0 Å². The molecule has 0 atom stereocenters. The molecule has 0 fully saturated rings. The van der Waals surface area contributed by atoms with Gasteiger partial charge >= 0.3 is 0 Å². The molecule has 1 heterocycles. The maximum atomic E-state index is 11.3. The molecule has 3 aromatic rings. The number of pyridine rings is 1. The molecule has 3 rings (SSSR count). The van der Waals surface area contributed by atoms with Crippen LogP contribution >= 0.6 is 15.9 Å². The molecule has 0 N–H and O–H groups in total. The Morgan fingerprint density at radius 3 is 2.65 bits per heavy atom. The van der Waals surface area contributed by atoms with Crippen molar-refractivity contribution in [3.63, 3.8) is 0 Å². The minimum absolute atomic E-state index is 0.0794. The first-order chi connectivity index (χ1) is 9.68. The molecular formula is C15H9BrN2O2. The molecule has 0 amide bonds. The van der Waals surface area contributed by atoms with Gasteiger partial charge in [-0.2, -0.15) is 0 Å². The molecule has 5 heteroatoms. The number of hydrogen-bond acceptors (Lipinski definition) is 3. The zero-order valence-electron chi connectivity index (χ0n) is 10.3. The van der Waals surface area contributed by atoms with E-state index in [2.05, 4.69) is 20.9 Å². The average molecular weight is 329 g/mol. The van der Waals surface area contributed by atoms with Crippen LogP contribution in [0.3, 0.4) is 0 Å². The van der Waals surface area contributed by atoms with Crippen molar-refractivity contribution in [2.75, 3.05) is 0 Å². The fourth-order valence-electron chi connectivity index (χ4n) is 2.25. The van der Waals surface area contributed by atoms with E-state index in [0.29, 0.717) is 10.0 Å². The van der Waals surface area contributed by atoms with Gasteiger partial charge in [-0.3, -0.25) is 15.1 Å². The molecule has 20 heavy (non-hydrogen) atoms. The van der Waals surface area contributed by atoms with E-state index in [1.807, 2.05) is 24.3 Å². The van der Waals surface area contributed by atoms with Crippen LogP contribution in [0.25, 0.3) is 22.0 Å². The third kappa shape index (κ3) is 2.06. The van der Waals surface area contributed by atoms with Gasteiger partial charge in [-0.15, -0.1) is 0 Å².